The van der Waals surface area contributed by atoms with Crippen LogP contribution in [-0.2, 0) is 0 Å². The van der Waals surface area contributed by atoms with Gasteiger partial charge in [-0.05, 0) is 19.1 Å². The van der Waals surface area contributed by atoms with Gasteiger partial charge in [0.15, 0.2) is 0 Å². The van der Waals surface area contributed by atoms with Crippen molar-refractivity contribution in [2.75, 3.05) is 13.6 Å². The maximum absolute atomic E-state index is 11.6. The van der Waals surface area contributed by atoms with Crippen molar-refractivity contribution >= 4 is 17.2 Å². The minimum absolute atomic E-state index is 0.00366. The van der Waals surface area contributed by atoms with Crippen molar-refractivity contribution in [3.05, 3.63) is 21.9 Å². The first-order chi connectivity index (χ1) is 6.15. The summed E-state index contributed by atoms with van der Waals surface area (Å²) in [5.41, 5.74) is 0. The molecule has 0 aromatic carbocycles. The van der Waals surface area contributed by atoms with Crippen LogP contribution in [0.3, 0.4) is 0 Å². The standard InChI is InChI=1S/C10H11NOS/c1-4-7-11(3)10(12)9-6-5-8(2)13-9/h1,5-6H,7H2,2-3H3. The number of thiophene rings is 1. The summed E-state index contributed by atoms with van der Waals surface area (Å²) >= 11 is 1.49. The number of hydrogen-bond acceptors (Lipinski definition) is 2. The molecule has 0 spiro atoms. The molecule has 0 radical (unpaired) electrons. The van der Waals surface area contributed by atoms with Crippen molar-refractivity contribution in [1.29, 1.82) is 0 Å². The Hall–Kier alpha value is -1.27. The van der Waals surface area contributed by atoms with E-state index in [4.69, 9.17) is 6.42 Å². The third-order valence-corrected chi connectivity index (χ3v) is 2.61. The van der Waals surface area contributed by atoms with Gasteiger partial charge < -0.3 is 4.90 Å². The molecule has 3 heteroatoms. The molecule has 1 aromatic rings. The van der Waals surface area contributed by atoms with E-state index >= 15 is 0 Å². The van der Waals surface area contributed by atoms with E-state index in [0.717, 1.165) is 9.75 Å². The zero-order valence-corrected chi connectivity index (χ0v) is 8.52. The fourth-order valence-electron chi connectivity index (χ4n) is 0.946. The van der Waals surface area contributed by atoms with E-state index in [9.17, 15) is 4.79 Å². The molecule has 68 valence electrons. The van der Waals surface area contributed by atoms with Crippen molar-refractivity contribution in [2.45, 2.75) is 6.92 Å². The van der Waals surface area contributed by atoms with Crippen molar-refractivity contribution < 1.29 is 4.79 Å². The van der Waals surface area contributed by atoms with Gasteiger partial charge in [-0.25, -0.2) is 0 Å². The SMILES string of the molecule is C#CCN(C)C(=O)c1ccc(C)s1. The minimum atomic E-state index is -0.00366. The number of rotatable bonds is 2. The van der Waals surface area contributed by atoms with Gasteiger partial charge in [0, 0.05) is 11.9 Å². The van der Waals surface area contributed by atoms with Gasteiger partial charge in [-0.1, -0.05) is 5.92 Å². The van der Waals surface area contributed by atoms with E-state index in [2.05, 4.69) is 5.92 Å². The summed E-state index contributed by atoms with van der Waals surface area (Å²) in [6, 6.07) is 3.76. The summed E-state index contributed by atoms with van der Waals surface area (Å²) < 4.78 is 0. The summed E-state index contributed by atoms with van der Waals surface area (Å²) in [4.78, 5) is 15.0. The van der Waals surface area contributed by atoms with Crippen LogP contribution in [0, 0.1) is 19.3 Å². The number of aryl methyl sites for hydroxylation is 1. The first-order valence-corrected chi connectivity index (χ1v) is 4.72. The van der Waals surface area contributed by atoms with Crippen molar-refractivity contribution in [3.8, 4) is 12.3 Å². The number of hydrogen-bond donors (Lipinski definition) is 0. The quantitative estimate of drug-likeness (QED) is 0.655. The molecule has 1 rings (SSSR count). The van der Waals surface area contributed by atoms with E-state index in [-0.39, 0.29) is 5.91 Å². The normalized spacial score (nSPS) is 9.31. The number of carbonyl (C=O) groups excluding carboxylic acids is 1. The molecule has 0 saturated heterocycles. The Balaban J connectivity index is 2.74. The summed E-state index contributed by atoms with van der Waals surface area (Å²) in [5, 5.41) is 0. The molecule has 0 aliphatic rings. The fraction of sp³-hybridized carbons (Fsp3) is 0.300. The molecule has 1 heterocycles. The maximum Gasteiger partial charge on any atom is 0.264 e. The lowest BCUT2D eigenvalue weighted by atomic mass is 10.4. The Morgan fingerprint density at radius 1 is 1.69 bits per heavy atom. The third-order valence-electron chi connectivity index (χ3n) is 1.63. The second kappa shape index (κ2) is 4.11. The zero-order chi connectivity index (χ0) is 9.84. The predicted molar refractivity (Wildman–Crippen MR) is 54.8 cm³/mol. The maximum atomic E-state index is 11.6. The zero-order valence-electron chi connectivity index (χ0n) is 7.70. The predicted octanol–water partition coefficient (Wildman–Crippen LogP) is 1.76. The van der Waals surface area contributed by atoms with E-state index < -0.39 is 0 Å². The van der Waals surface area contributed by atoms with Crippen LogP contribution in [0.1, 0.15) is 14.5 Å². The van der Waals surface area contributed by atoms with Crippen molar-refractivity contribution in [1.82, 2.24) is 4.90 Å². The molecular formula is C10H11NOS. The molecule has 2 nitrogen and oxygen atoms in total. The molecule has 0 unspecified atom stereocenters. The Kier molecular flexibility index (Phi) is 3.10. The number of terminal acetylenes is 1. The topological polar surface area (TPSA) is 20.3 Å². The van der Waals surface area contributed by atoms with Crippen LogP contribution in [0.5, 0.6) is 0 Å². The first-order valence-electron chi connectivity index (χ1n) is 3.90. The molecular weight excluding hydrogens is 182 g/mol. The van der Waals surface area contributed by atoms with E-state index in [1.165, 1.54) is 16.2 Å². The van der Waals surface area contributed by atoms with Crippen molar-refractivity contribution in [3.63, 3.8) is 0 Å². The van der Waals surface area contributed by atoms with Gasteiger partial charge >= 0.3 is 0 Å². The molecule has 0 bridgehead atoms. The van der Waals surface area contributed by atoms with Gasteiger partial charge in [0.25, 0.3) is 5.91 Å². The van der Waals surface area contributed by atoms with Crippen LogP contribution in [-0.4, -0.2) is 24.4 Å². The third kappa shape index (κ3) is 2.33. The van der Waals surface area contributed by atoms with Crippen LogP contribution in [0.2, 0.25) is 0 Å². The molecule has 0 aliphatic heterocycles. The largest absolute Gasteiger partial charge is 0.330 e. The Morgan fingerprint density at radius 3 is 2.85 bits per heavy atom. The van der Waals surface area contributed by atoms with Gasteiger partial charge in [0.05, 0.1) is 11.4 Å². The average molecular weight is 193 g/mol. The summed E-state index contributed by atoms with van der Waals surface area (Å²) in [6.07, 6.45) is 5.11. The fourth-order valence-corrected chi connectivity index (χ4v) is 1.81. The average Bonchev–Trinajstić information content (AvgIpc) is 2.51. The highest BCUT2D eigenvalue weighted by Gasteiger charge is 2.11. The molecule has 0 N–H and O–H groups in total. The first kappa shape index (κ1) is 9.82. The number of amides is 1. The van der Waals surface area contributed by atoms with E-state index in [1.807, 2.05) is 19.1 Å². The monoisotopic (exact) mass is 193 g/mol. The minimum Gasteiger partial charge on any atom is -0.330 e. The molecule has 0 saturated carbocycles. The second-order valence-electron chi connectivity index (χ2n) is 2.78. The summed E-state index contributed by atoms with van der Waals surface area (Å²) in [6.45, 7) is 2.33. The lowest BCUT2D eigenvalue weighted by Gasteiger charge is -2.11. The summed E-state index contributed by atoms with van der Waals surface area (Å²) in [7, 11) is 1.71. The van der Waals surface area contributed by atoms with E-state index in [0.29, 0.717) is 6.54 Å². The number of carbonyl (C=O) groups is 1. The van der Waals surface area contributed by atoms with Gasteiger partial charge in [-0.3, -0.25) is 4.79 Å². The molecule has 13 heavy (non-hydrogen) atoms. The Bertz CT molecular complexity index is 348. The lowest BCUT2D eigenvalue weighted by molar-refractivity contribution is 0.0817. The summed E-state index contributed by atoms with van der Waals surface area (Å²) in [5.74, 6) is 2.43. The van der Waals surface area contributed by atoms with Crippen LogP contribution in [0.15, 0.2) is 12.1 Å². The number of nitrogens with zero attached hydrogens (tertiary/aromatic N) is 1. The highest BCUT2D eigenvalue weighted by Crippen LogP contribution is 2.16. The van der Waals surface area contributed by atoms with Crippen LogP contribution in [0.4, 0.5) is 0 Å². The molecule has 1 aromatic heterocycles. The molecule has 0 aliphatic carbocycles. The van der Waals surface area contributed by atoms with Gasteiger partial charge in [0.1, 0.15) is 0 Å². The van der Waals surface area contributed by atoms with Gasteiger partial charge in [-0.2, -0.15) is 0 Å². The lowest BCUT2D eigenvalue weighted by Crippen LogP contribution is -2.26. The highest BCUT2D eigenvalue weighted by molar-refractivity contribution is 7.13. The smallest absolute Gasteiger partial charge is 0.264 e. The van der Waals surface area contributed by atoms with Crippen molar-refractivity contribution in [2.24, 2.45) is 0 Å². The molecule has 0 fully saturated rings. The molecule has 1 amide bonds. The Labute approximate surface area is 82.2 Å². The van der Waals surface area contributed by atoms with Crippen LogP contribution >= 0.6 is 11.3 Å². The van der Waals surface area contributed by atoms with Gasteiger partial charge in [-0.15, -0.1) is 17.8 Å². The van der Waals surface area contributed by atoms with Crippen LogP contribution < -0.4 is 0 Å². The van der Waals surface area contributed by atoms with E-state index in [1.54, 1.807) is 7.05 Å². The second-order valence-corrected chi connectivity index (χ2v) is 4.06. The Morgan fingerprint density at radius 2 is 2.38 bits per heavy atom. The highest BCUT2D eigenvalue weighted by atomic mass is 32.1. The molecule has 0 atom stereocenters. The van der Waals surface area contributed by atoms with Crippen LogP contribution in [0.25, 0.3) is 0 Å². The van der Waals surface area contributed by atoms with Gasteiger partial charge in [0.2, 0.25) is 0 Å².